The molecule has 0 aliphatic heterocycles. The lowest BCUT2D eigenvalue weighted by Crippen LogP contribution is -2.28. The van der Waals surface area contributed by atoms with E-state index in [0.717, 1.165) is 36.9 Å². The highest BCUT2D eigenvalue weighted by atomic mass is 32.1. The van der Waals surface area contributed by atoms with Crippen LogP contribution in [0, 0.1) is 17.2 Å². The number of hydrogen-bond acceptors (Lipinski definition) is 6. The molecule has 0 saturated heterocycles. The van der Waals surface area contributed by atoms with Crippen molar-refractivity contribution in [3.8, 4) is 6.07 Å². The number of nitrogens with one attached hydrogen (secondary N) is 1. The molecule has 1 unspecified atom stereocenters. The molecule has 1 N–H and O–H groups in total. The molecule has 1 heterocycles. The van der Waals surface area contributed by atoms with Gasteiger partial charge in [-0.05, 0) is 20.4 Å². The van der Waals surface area contributed by atoms with Gasteiger partial charge in [-0.25, -0.2) is 0 Å². The van der Waals surface area contributed by atoms with Crippen LogP contribution < -0.4 is 5.32 Å². The third kappa shape index (κ3) is 4.29. The van der Waals surface area contributed by atoms with Gasteiger partial charge in [0.2, 0.25) is 0 Å². The van der Waals surface area contributed by atoms with Crippen LogP contribution in [0.5, 0.6) is 0 Å². The first-order valence-corrected chi connectivity index (χ1v) is 6.65. The van der Waals surface area contributed by atoms with Crippen LogP contribution in [0.15, 0.2) is 0 Å². The molecule has 1 aromatic heterocycles. The van der Waals surface area contributed by atoms with Crippen LogP contribution in [0.3, 0.4) is 0 Å². The Labute approximate surface area is 107 Å². The summed E-state index contributed by atoms with van der Waals surface area (Å²) in [5.41, 5.74) is 0.976. The lowest BCUT2D eigenvalue weighted by atomic mass is 10.2. The molecule has 0 bridgehead atoms. The molecule has 5 nitrogen and oxygen atoms in total. The lowest BCUT2D eigenvalue weighted by Gasteiger charge is -2.20. The molecule has 0 aliphatic carbocycles. The summed E-state index contributed by atoms with van der Waals surface area (Å²) < 4.78 is 3.96. The van der Waals surface area contributed by atoms with Crippen molar-refractivity contribution in [2.75, 3.05) is 25.0 Å². The maximum absolute atomic E-state index is 8.83. The van der Waals surface area contributed by atoms with Gasteiger partial charge < -0.3 is 5.32 Å². The standard InChI is InChI=1S/C11H19N5S/c1-4-13-11-10(14-15-17-11)8-16(5-2)7-9(3)6-12/h9,13H,4-5,7-8H2,1-3H3. The molecule has 1 atom stereocenters. The second-order valence-corrected chi connectivity index (χ2v) is 4.69. The molecule has 0 amide bonds. The average molecular weight is 253 g/mol. The number of nitriles is 1. The number of rotatable bonds is 7. The van der Waals surface area contributed by atoms with E-state index in [4.69, 9.17) is 5.26 Å². The minimum Gasteiger partial charge on any atom is -0.374 e. The van der Waals surface area contributed by atoms with Gasteiger partial charge in [0, 0.05) is 31.2 Å². The third-order valence-corrected chi connectivity index (χ3v) is 3.19. The average Bonchev–Trinajstić information content (AvgIpc) is 2.76. The fraction of sp³-hybridized carbons (Fsp3) is 0.727. The van der Waals surface area contributed by atoms with Crippen molar-refractivity contribution in [2.45, 2.75) is 27.3 Å². The van der Waals surface area contributed by atoms with Gasteiger partial charge in [-0.2, -0.15) is 5.26 Å². The molecular formula is C11H19N5S. The van der Waals surface area contributed by atoms with Gasteiger partial charge in [0.1, 0.15) is 10.7 Å². The Kier molecular flexibility index (Phi) is 5.87. The van der Waals surface area contributed by atoms with E-state index in [9.17, 15) is 0 Å². The fourth-order valence-electron chi connectivity index (χ4n) is 1.55. The summed E-state index contributed by atoms with van der Waals surface area (Å²) in [6, 6.07) is 2.26. The molecule has 1 rings (SSSR count). The SMILES string of the molecule is CCNc1snnc1CN(CC)CC(C)C#N. The predicted octanol–water partition coefficient (Wildman–Crippen LogP) is 1.95. The zero-order chi connectivity index (χ0) is 12.7. The van der Waals surface area contributed by atoms with Crippen LogP contribution >= 0.6 is 11.5 Å². The van der Waals surface area contributed by atoms with Gasteiger partial charge in [0.25, 0.3) is 0 Å². The van der Waals surface area contributed by atoms with Gasteiger partial charge in [0.15, 0.2) is 0 Å². The summed E-state index contributed by atoms with van der Waals surface area (Å²) in [7, 11) is 0. The van der Waals surface area contributed by atoms with Crippen molar-refractivity contribution in [3.05, 3.63) is 5.69 Å². The van der Waals surface area contributed by atoms with Crippen molar-refractivity contribution >= 4 is 16.5 Å². The summed E-state index contributed by atoms with van der Waals surface area (Å²) in [5, 5.41) is 17.3. The van der Waals surface area contributed by atoms with Crippen LogP contribution in [0.25, 0.3) is 0 Å². The van der Waals surface area contributed by atoms with Crippen LogP contribution in [-0.2, 0) is 6.54 Å². The van der Waals surface area contributed by atoms with E-state index in [1.165, 1.54) is 11.5 Å². The summed E-state index contributed by atoms with van der Waals surface area (Å²) in [6.45, 7) is 9.40. The normalized spacial score (nSPS) is 12.4. The van der Waals surface area contributed by atoms with Crippen molar-refractivity contribution in [3.63, 3.8) is 0 Å². The van der Waals surface area contributed by atoms with E-state index in [2.05, 4.69) is 39.7 Å². The molecule has 17 heavy (non-hydrogen) atoms. The lowest BCUT2D eigenvalue weighted by molar-refractivity contribution is 0.258. The van der Waals surface area contributed by atoms with Crippen molar-refractivity contribution < 1.29 is 0 Å². The molecule has 0 spiro atoms. The topological polar surface area (TPSA) is 64.8 Å². The highest BCUT2D eigenvalue weighted by molar-refractivity contribution is 7.10. The number of anilines is 1. The van der Waals surface area contributed by atoms with Crippen LogP contribution in [0.2, 0.25) is 0 Å². The smallest absolute Gasteiger partial charge is 0.134 e. The van der Waals surface area contributed by atoms with E-state index < -0.39 is 0 Å². The highest BCUT2D eigenvalue weighted by Crippen LogP contribution is 2.19. The molecule has 0 fully saturated rings. The Hall–Kier alpha value is -1.19. The van der Waals surface area contributed by atoms with Gasteiger partial charge >= 0.3 is 0 Å². The van der Waals surface area contributed by atoms with E-state index in [1.807, 2.05) is 6.92 Å². The van der Waals surface area contributed by atoms with Crippen LogP contribution in [-0.4, -0.2) is 34.1 Å². The summed E-state index contributed by atoms with van der Waals surface area (Å²) in [6.07, 6.45) is 0. The number of nitrogens with zero attached hydrogens (tertiary/aromatic N) is 4. The van der Waals surface area contributed by atoms with Gasteiger partial charge in [-0.3, -0.25) is 4.90 Å². The maximum atomic E-state index is 8.83. The number of hydrogen-bond donors (Lipinski definition) is 1. The van der Waals surface area contributed by atoms with Crippen molar-refractivity contribution in [2.24, 2.45) is 5.92 Å². The molecule has 0 aliphatic rings. The molecular weight excluding hydrogens is 234 g/mol. The molecule has 1 aromatic rings. The Bertz CT molecular complexity index is 370. The van der Waals surface area contributed by atoms with E-state index in [-0.39, 0.29) is 5.92 Å². The summed E-state index contributed by atoms with van der Waals surface area (Å²) in [5.74, 6) is 0.0455. The Morgan fingerprint density at radius 2 is 2.29 bits per heavy atom. The first kappa shape index (κ1) is 13.9. The molecule has 0 radical (unpaired) electrons. The molecule has 0 saturated carbocycles. The van der Waals surface area contributed by atoms with E-state index in [1.54, 1.807) is 0 Å². The molecule has 0 aromatic carbocycles. The summed E-state index contributed by atoms with van der Waals surface area (Å²) in [4.78, 5) is 2.21. The van der Waals surface area contributed by atoms with E-state index >= 15 is 0 Å². The zero-order valence-electron chi connectivity index (χ0n) is 10.6. The van der Waals surface area contributed by atoms with Gasteiger partial charge in [-0.15, -0.1) is 5.10 Å². The van der Waals surface area contributed by atoms with Crippen LogP contribution in [0.4, 0.5) is 5.00 Å². The number of aromatic nitrogens is 2. The van der Waals surface area contributed by atoms with Gasteiger partial charge in [-0.1, -0.05) is 11.4 Å². The largest absolute Gasteiger partial charge is 0.374 e. The Balaban J connectivity index is 2.61. The highest BCUT2D eigenvalue weighted by Gasteiger charge is 2.13. The first-order chi connectivity index (χ1) is 8.21. The monoisotopic (exact) mass is 253 g/mol. The third-order valence-electron chi connectivity index (χ3n) is 2.47. The maximum Gasteiger partial charge on any atom is 0.134 e. The predicted molar refractivity (Wildman–Crippen MR) is 69.8 cm³/mol. The molecule has 6 heteroatoms. The van der Waals surface area contributed by atoms with E-state index in [0.29, 0.717) is 0 Å². The minimum absolute atomic E-state index is 0.0455. The fourth-order valence-corrected chi connectivity index (χ4v) is 2.19. The van der Waals surface area contributed by atoms with Crippen molar-refractivity contribution in [1.29, 1.82) is 5.26 Å². The first-order valence-electron chi connectivity index (χ1n) is 5.88. The Morgan fingerprint density at radius 3 is 2.88 bits per heavy atom. The summed E-state index contributed by atoms with van der Waals surface area (Å²) >= 11 is 1.39. The minimum atomic E-state index is 0.0455. The molecule has 94 valence electrons. The van der Waals surface area contributed by atoms with Crippen molar-refractivity contribution in [1.82, 2.24) is 14.5 Å². The Morgan fingerprint density at radius 1 is 1.53 bits per heavy atom. The van der Waals surface area contributed by atoms with Gasteiger partial charge in [0.05, 0.1) is 12.0 Å². The quantitative estimate of drug-likeness (QED) is 0.804. The van der Waals surface area contributed by atoms with Crippen LogP contribution in [0.1, 0.15) is 26.5 Å². The second kappa shape index (κ2) is 7.20. The zero-order valence-corrected chi connectivity index (χ0v) is 11.4. The second-order valence-electron chi connectivity index (χ2n) is 3.94.